The quantitative estimate of drug-likeness (QED) is 0.0716. The molecule has 47 heavy (non-hydrogen) atoms. The summed E-state index contributed by atoms with van der Waals surface area (Å²) in [5.74, 6) is -2.14. The Bertz CT molecular complexity index is 2290. The molecular formula is C38H33F2N3O2S2. The molecule has 2 aliphatic rings. The summed E-state index contributed by atoms with van der Waals surface area (Å²) in [4.78, 5) is 35.7. The van der Waals surface area contributed by atoms with Gasteiger partial charge in [0.25, 0.3) is 11.8 Å². The number of hydrogen-bond donors (Lipinski definition) is 0. The van der Waals surface area contributed by atoms with Crippen LogP contribution in [0.4, 0.5) is 14.5 Å². The zero-order chi connectivity index (χ0) is 33.6. The molecule has 7 rings (SSSR count). The summed E-state index contributed by atoms with van der Waals surface area (Å²) in [6, 6.07) is 5.55. The van der Waals surface area contributed by atoms with Crippen molar-refractivity contribution in [3.63, 3.8) is 0 Å². The molecule has 9 heteroatoms. The lowest BCUT2D eigenvalue weighted by Crippen LogP contribution is -2.45. The Hall–Kier alpha value is -4.13. The number of halogens is 2. The van der Waals surface area contributed by atoms with E-state index in [0.717, 1.165) is 38.5 Å². The van der Waals surface area contributed by atoms with E-state index in [1.165, 1.54) is 17.0 Å². The minimum Gasteiger partial charge on any atom is -0.296 e. The lowest BCUT2D eigenvalue weighted by molar-refractivity contribution is 0.0798. The molecule has 0 fully saturated rings. The monoisotopic (exact) mass is 665 g/mol. The lowest BCUT2D eigenvalue weighted by Gasteiger charge is -2.36. The molecule has 0 aliphatic carbocycles. The first-order valence-electron chi connectivity index (χ1n) is 16.2. The summed E-state index contributed by atoms with van der Waals surface area (Å²) in [5, 5.41) is 2.50. The van der Waals surface area contributed by atoms with Gasteiger partial charge in [0, 0.05) is 50.1 Å². The molecule has 0 spiro atoms. The number of nitrogens with zero attached hydrogens (tertiary/aromatic N) is 3. The summed E-state index contributed by atoms with van der Waals surface area (Å²) in [6.07, 6.45) is 5.16. The summed E-state index contributed by atoms with van der Waals surface area (Å²) >= 11 is 11.9. The van der Waals surface area contributed by atoms with Crippen LogP contribution in [0.3, 0.4) is 0 Å². The van der Waals surface area contributed by atoms with Gasteiger partial charge in [0.1, 0.15) is 21.6 Å². The van der Waals surface area contributed by atoms with Crippen molar-refractivity contribution < 1.29 is 18.4 Å². The number of amides is 2. The molecule has 5 nitrogen and oxygen atoms in total. The summed E-state index contributed by atoms with van der Waals surface area (Å²) in [5.41, 5.74) is 2.17. The third kappa shape index (κ3) is 4.20. The molecule has 5 aromatic carbocycles. The molecule has 238 valence electrons. The van der Waals surface area contributed by atoms with Crippen LogP contribution in [0.25, 0.3) is 47.9 Å². The van der Waals surface area contributed by atoms with Crippen LogP contribution >= 0.6 is 24.4 Å². The van der Waals surface area contributed by atoms with E-state index in [4.69, 9.17) is 31.0 Å². The Morgan fingerprint density at radius 3 is 1.60 bits per heavy atom. The number of hydrogen-bond acceptors (Lipinski definition) is 4. The van der Waals surface area contributed by atoms with E-state index in [-0.39, 0.29) is 56.0 Å². The minimum atomic E-state index is -0.691. The minimum absolute atomic E-state index is 0.102. The predicted molar refractivity (Wildman–Crippen MR) is 192 cm³/mol. The summed E-state index contributed by atoms with van der Waals surface area (Å²) < 4.78 is 33.5. The zero-order valence-electron chi connectivity index (χ0n) is 26.9. The molecule has 0 N–H and O–H groups in total. The number of rotatable bonds is 8. The largest absolute Gasteiger partial charge is 0.296 e. The van der Waals surface area contributed by atoms with Gasteiger partial charge in [0.15, 0.2) is 5.69 Å². The van der Waals surface area contributed by atoms with Crippen molar-refractivity contribution >= 4 is 95.0 Å². The predicted octanol–water partition coefficient (Wildman–Crippen LogP) is 10.3. The highest BCUT2D eigenvalue weighted by molar-refractivity contribution is 7.81. The number of unbranched alkanes of at least 4 members (excludes halogenated alkanes) is 2. The van der Waals surface area contributed by atoms with Crippen LogP contribution in [0.2, 0.25) is 0 Å². The van der Waals surface area contributed by atoms with Gasteiger partial charge in [-0.2, -0.15) is 0 Å². The number of aryl methyl sites for hydroxylation is 1. The van der Waals surface area contributed by atoms with E-state index >= 15 is 8.78 Å². The second-order valence-corrected chi connectivity index (χ2v) is 13.8. The van der Waals surface area contributed by atoms with Crippen LogP contribution in [-0.2, 0) is 0 Å². The molecule has 2 amide bonds. The molecule has 0 bridgehead atoms. The molecule has 0 saturated carbocycles. The van der Waals surface area contributed by atoms with Crippen molar-refractivity contribution in [2.45, 2.75) is 85.2 Å². The van der Waals surface area contributed by atoms with Gasteiger partial charge in [0.2, 0.25) is 0 Å². The SMILES string of the molecule is [C-]#[N+]c1cc2c3c(cc(F)c4c5c(C)cc6c7c(cc(F)c(c1c34)c75)C(=O)N([C@@H](C)CCCC)C6=S)C(=O)N([C@@H](C)CCCC)C2=S. The van der Waals surface area contributed by atoms with Crippen molar-refractivity contribution in [2.24, 2.45) is 0 Å². The molecule has 0 radical (unpaired) electrons. The Morgan fingerprint density at radius 1 is 0.681 bits per heavy atom. The molecule has 5 aromatic rings. The highest BCUT2D eigenvalue weighted by Crippen LogP contribution is 2.52. The van der Waals surface area contributed by atoms with Crippen molar-refractivity contribution in [2.75, 3.05) is 0 Å². The topological polar surface area (TPSA) is 45.0 Å². The van der Waals surface area contributed by atoms with Crippen LogP contribution in [0.1, 0.15) is 104 Å². The normalized spacial score (nSPS) is 16.0. The van der Waals surface area contributed by atoms with E-state index < -0.39 is 17.5 Å². The molecule has 2 heterocycles. The van der Waals surface area contributed by atoms with E-state index in [1.807, 2.05) is 26.8 Å². The van der Waals surface area contributed by atoms with E-state index in [1.54, 1.807) is 11.0 Å². The van der Waals surface area contributed by atoms with Gasteiger partial charge in [-0.25, -0.2) is 13.6 Å². The second kappa shape index (κ2) is 11.2. The molecule has 0 saturated heterocycles. The highest BCUT2D eigenvalue weighted by Gasteiger charge is 2.39. The van der Waals surface area contributed by atoms with Gasteiger partial charge < -0.3 is 0 Å². The van der Waals surface area contributed by atoms with Gasteiger partial charge in [0.05, 0.1) is 17.7 Å². The molecule has 2 aliphatic heterocycles. The van der Waals surface area contributed by atoms with Crippen molar-refractivity contribution in [3.05, 3.63) is 75.1 Å². The molecule has 2 atom stereocenters. The van der Waals surface area contributed by atoms with Crippen LogP contribution in [-0.4, -0.2) is 43.7 Å². The number of fused-ring (bicyclic) bond motifs is 2. The van der Waals surface area contributed by atoms with Crippen molar-refractivity contribution in [1.29, 1.82) is 0 Å². The molecule has 0 unspecified atom stereocenters. The number of thiocarbonyl (C=S) groups is 2. The maximum absolute atomic E-state index is 16.7. The number of carbonyl (C=O) groups is 2. The Kier molecular flexibility index (Phi) is 7.53. The maximum atomic E-state index is 16.7. The molecular weight excluding hydrogens is 633 g/mol. The smallest absolute Gasteiger partial charge is 0.259 e. The second-order valence-electron chi connectivity index (χ2n) is 13.1. The Labute approximate surface area is 282 Å². The van der Waals surface area contributed by atoms with Crippen molar-refractivity contribution in [3.8, 4) is 0 Å². The van der Waals surface area contributed by atoms with Gasteiger partial charge in [-0.1, -0.05) is 64.0 Å². The Morgan fingerprint density at radius 2 is 1.13 bits per heavy atom. The van der Waals surface area contributed by atoms with Gasteiger partial charge in [-0.05, 0) is 79.6 Å². The fourth-order valence-electron chi connectivity index (χ4n) is 7.92. The summed E-state index contributed by atoms with van der Waals surface area (Å²) in [6.45, 7) is 18.0. The van der Waals surface area contributed by atoms with E-state index in [9.17, 15) is 9.59 Å². The van der Waals surface area contributed by atoms with Crippen LogP contribution in [0.5, 0.6) is 0 Å². The fraction of sp³-hybridized carbons (Fsp3) is 0.342. The van der Waals surface area contributed by atoms with Crippen LogP contribution in [0, 0.1) is 25.1 Å². The summed E-state index contributed by atoms with van der Waals surface area (Å²) in [7, 11) is 0. The maximum Gasteiger partial charge on any atom is 0.259 e. The highest BCUT2D eigenvalue weighted by atomic mass is 32.1. The molecule has 0 aromatic heterocycles. The third-order valence-electron chi connectivity index (χ3n) is 10.1. The Balaban J connectivity index is 1.63. The number of carbonyl (C=O) groups excluding carboxylic acids is 2. The standard InChI is InChI=1S/C38H33F2N3O2S2/c1-7-9-11-18(4)42-35(44)20-15-25(40)31-32-26(41-6)16-23-29-21(36(45)43(38(23)47)19(5)12-10-8-2)14-24(39)30(34(29)32)27-17(3)13-22(37(42)46)28(20)33(27)31/h13-16,18-19H,7-12H2,1-5H3/t18-,19-/m0/s1. The third-order valence-corrected chi connectivity index (χ3v) is 11.0. The lowest BCUT2D eigenvalue weighted by atomic mass is 9.80. The van der Waals surface area contributed by atoms with Crippen LogP contribution in [0.15, 0.2) is 24.3 Å². The fourth-order valence-corrected chi connectivity index (χ4v) is 8.76. The first kappa shape index (κ1) is 31.5. The zero-order valence-corrected chi connectivity index (χ0v) is 28.6. The van der Waals surface area contributed by atoms with Gasteiger partial charge >= 0.3 is 0 Å². The van der Waals surface area contributed by atoms with Crippen molar-refractivity contribution in [1.82, 2.24) is 9.80 Å². The number of benzene rings is 5. The first-order valence-corrected chi connectivity index (χ1v) is 17.1. The first-order chi connectivity index (χ1) is 22.5. The van der Waals surface area contributed by atoms with Gasteiger partial charge in [-0.15, -0.1) is 0 Å². The average Bonchev–Trinajstić information content (AvgIpc) is 3.04. The van der Waals surface area contributed by atoms with E-state index in [2.05, 4.69) is 18.7 Å². The van der Waals surface area contributed by atoms with Crippen LogP contribution < -0.4 is 0 Å². The van der Waals surface area contributed by atoms with E-state index in [0.29, 0.717) is 48.6 Å². The average molecular weight is 666 g/mol. The van der Waals surface area contributed by atoms with Gasteiger partial charge in [-0.3, -0.25) is 19.4 Å².